The number of unbranched alkanes of at least 4 members (excludes halogenated alkanes) is 1. The highest BCUT2D eigenvalue weighted by Crippen LogP contribution is 2.36. The molecule has 0 aliphatic carbocycles. The van der Waals surface area contributed by atoms with Crippen LogP contribution in [0.3, 0.4) is 0 Å². The third-order valence-corrected chi connectivity index (χ3v) is 5.17. The second kappa shape index (κ2) is 8.27. The summed E-state index contributed by atoms with van der Waals surface area (Å²) in [5.41, 5.74) is 3.17. The van der Waals surface area contributed by atoms with Gasteiger partial charge in [-0.25, -0.2) is 0 Å². The van der Waals surface area contributed by atoms with Crippen LogP contribution in [0.25, 0.3) is 0 Å². The first-order valence-electron chi connectivity index (χ1n) is 10.2. The molecule has 0 radical (unpaired) electrons. The van der Waals surface area contributed by atoms with Gasteiger partial charge in [0.1, 0.15) is 5.75 Å². The molecule has 0 fully saturated rings. The number of rotatable bonds is 5. The van der Waals surface area contributed by atoms with Crippen molar-refractivity contribution in [3.05, 3.63) is 53.6 Å². The molecule has 0 aromatic heterocycles. The van der Waals surface area contributed by atoms with Crippen molar-refractivity contribution in [3.8, 4) is 5.75 Å². The third-order valence-electron chi connectivity index (χ3n) is 5.17. The number of carbonyl (C=O) groups is 2. The van der Waals surface area contributed by atoms with E-state index in [1.165, 1.54) is 5.56 Å². The molecule has 1 heterocycles. The lowest BCUT2D eigenvalue weighted by Crippen LogP contribution is -2.44. The van der Waals surface area contributed by atoms with E-state index < -0.39 is 6.10 Å². The van der Waals surface area contributed by atoms with Gasteiger partial charge in [-0.1, -0.05) is 46.2 Å². The summed E-state index contributed by atoms with van der Waals surface area (Å²) in [6.07, 6.45) is 1.41. The zero-order valence-corrected chi connectivity index (χ0v) is 17.9. The van der Waals surface area contributed by atoms with Gasteiger partial charge in [-0.3, -0.25) is 9.59 Å². The summed E-state index contributed by atoms with van der Waals surface area (Å²) in [4.78, 5) is 27.0. The smallest absolute Gasteiger partial charge is 0.267 e. The van der Waals surface area contributed by atoms with E-state index in [9.17, 15) is 9.59 Å². The minimum atomic E-state index is -0.499. The number of nitrogens with one attached hydrogen (secondary N) is 1. The molecule has 1 unspecified atom stereocenters. The Kier molecular flexibility index (Phi) is 5.96. The van der Waals surface area contributed by atoms with Crippen LogP contribution < -0.4 is 15.0 Å². The molecule has 0 bridgehead atoms. The Hall–Kier alpha value is -2.82. The number of carbonyl (C=O) groups excluding carboxylic acids is 2. The van der Waals surface area contributed by atoms with Crippen LogP contribution in [-0.2, 0) is 10.2 Å². The lowest BCUT2D eigenvalue weighted by molar-refractivity contribution is -0.125. The van der Waals surface area contributed by atoms with Crippen LogP contribution in [0.5, 0.6) is 5.75 Å². The molecule has 5 heteroatoms. The van der Waals surface area contributed by atoms with E-state index in [2.05, 4.69) is 33.0 Å². The first-order valence-corrected chi connectivity index (χ1v) is 10.2. The van der Waals surface area contributed by atoms with Crippen molar-refractivity contribution < 1.29 is 14.3 Å². The van der Waals surface area contributed by atoms with E-state index in [1.807, 2.05) is 36.4 Å². The molecule has 2 amide bonds. The zero-order valence-electron chi connectivity index (χ0n) is 17.9. The Balaban J connectivity index is 1.81. The highest BCUT2D eigenvalue weighted by molar-refractivity contribution is 6.05. The Morgan fingerprint density at radius 3 is 2.45 bits per heavy atom. The number of ether oxygens (including phenoxy) is 1. The highest BCUT2D eigenvalue weighted by atomic mass is 16.5. The molecule has 3 rings (SSSR count). The topological polar surface area (TPSA) is 58.6 Å². The van der Waals surface area contributed by atoms with Crippen LogP contribution in [0.15, 0.2) is 42.5 Å². The fraction of sp³-hybridized carbons (Fsp3) is 0.417. The maximum Gasteiger partial charge on any atom is 0.267 e. The van der Waals surface area contributed by atoms with E-state index in [4.69, 9.17) is 4.74 Å². The molecule has 5 nitrogen and oxygen atoms in total. The fourth-order valence-corrected chi connectivity index (χ4v) is 3.36. The van der Waals surface area contributed by atoms with Gasteiger partial charge in [0.05, 0.1) is 5.69 Å². The van der Waals surface area contributed by atoms with Crippen LogP contribution in [-0.4, -0.2) is 24.5 Å². The van der Waals surface area contributed by atoms with Gasteiger partial charge in [0.25, 0.3) is 11.8 Å². The van der Waals surface area contributed by atoms with E-state index >= 15 is 0 Å². The number of benzene rings is 2. The monoisotopic (exact) mass is 394 g/mol. The Bertz CT molecular complexity index is 897. The number of anilines is 2. The summed E-state index contributed by atoms with van der Waals surface area (Å²) in [5.74, 6) is 0.440. The molecule has 154 valence electrons. The molecule has 0 spiro atoms. The third kappa shape index (κ3) is 4.61. The average molecular weight is 395 g/mol. The predicted octanol–water partition coefficient (Wildman–Crippen LogP) is 5.15. The lowest BCUT2D eigenvalue weighted by Gasteiger charge is -2.33. The van der Waals surface area contributed by atoms with Crippen molar-refractivity contribution in [2.45, 2.75) is 59.0 Å². The van der Waals surface area contributed by atoms with E-state index in [1.54, 1.807) is 17.9 Å². The SMILES string of the molecule is CCCCN1C(=O)C(C)Oc2ccc(NC(=O)c3ccc(C(C)(C)C)cc3)cc21. The molecule has 29 heavy (non-hydrogen) atoms. The first-order chi connectivity index (χ1) is 13.7. The number of hydrogen-bond acceptors (Lipinski definition) is 3. The Morgan fingerprint density at radius 2 is 1.83 bits per heavy atom. The molecule has 2 aromatic carbocycles. The van der Waals surface area contributed by atoms with Gasteiger partial charge in [0, 0.05) is 17.8 Å². The van der Waals surface area contributed by atoms with Gasteiger partial charge >= 0.3 is 0 Å². The molecule has 1 atom stereocenters. The number of amides is 2. The maximum absolute atomic E-state index is 12.7. The van der Waals surface area contributed by atoms with Crippen LogP contribution in [0.2, 0.25) is 0 Å². The van der Waals surface area contributed by atoms with Gasteiger partial charge in [-0.2, -0.15) is 0 Å². The second-order valence-corrected chi connectivity index (χ2v) is 8.57. The number of nitrogens with zero attached hydrogens (tertiary/aromatic N) is 1. The molecular weight excluding hydrogens is 364 g/mol. The Morgan fingerprint density at radius 1 is 1.14 bits per heavy atom. The lowest BCUT2D eigenvalue weighted by atomic mass is 9.87. The van der Waals surface area contributed by atoms with E-state index in [-0.39, 0.29) is 17.2 Å². The fourth-order valence-electron chi connectivity index (χ4n) is 3.36. The van der Waals surface area contributed by atoms with Crippen LogP contribution in [0.4, 0.5) is 11.4 Å². The molecule has 1 N–H and O–H groups in total. The average Bonchev–Trinajstić information content (AvgIpc) is 2.68. The molecule has 0 saturated heterocycles. The Labute approximate surface area is 173 Å². The van der Waals surface area contributed by atoms with Crippen molar-refractivity contribution in [3.63, 3.8) is 0 Å². The zero-order chi connectivity index (χ0) is 21.2. The summed E-state index contributed by atoms with van der Waals surface area (Å²) in [5, 5.41) is 2.94. The maximum atomic E-state index is 12.7. The minimum absolute atomic E-state index is 0.0408. The molecule has 1 aliphatic heterocycles. The minimum Gasteiger partial charge on any atom is -0.479 e. The van der Waals surface area contributed by atoms with Crippen molar-refractivity contribution in [1.29, 1.82) is 0 Å². The highest BCUT2D eigenvalue weighted by Gasteiger charge is 2.31. The summed E-state index contributed by atoms with van der Waals surface area (Å²) in [6, 6.07) is 13.1. The van der Waals surface area contributed by atoms with Crippen molar-refractivity contribution in [1.82, 2.24) is 0 Å². The normalized spacial score (nSPS) is 16.2. The van der Waals surface area contributed by atoms with Crippen LogP contribution in [0, 0.1) is 0 Å². The van der Waals surface area contributed by atoms with Crippen molar-refractivity contribution in [2.75, 3.05) is 16.8 Å². The molecule has 2 aromatic rings. The predicted molar refractivity (Wildman–Crippen MR) is 117 cm³/mol. The largest absolute Gasteiger partial charge is 0.479 e. The number of hydrogen-bond donors (Lipinski definition) is 1. The number of fused-ring (bicyclic) bond motifs is 1. The quantitative estimate of drug-likeness (QED) is 0.763. The second-order valence-electron chi connectivity index (χ2n) is 8.57. The van der Waals surface area contributed by atoms with Gasteiger partial charge in [0.2, 0.25) is 0 Å². The first kappa shape index (κ1) is 20.9. The van der Waals surface area contributed by atoms with Gasteiger partial charge in [0.15, 0.2) is 6.10 Å². The molecule has 0 saturated carbocycles. The van der Waals surface area contributed by atoms with Crippen molar-refractivity contribution in [2.24, 2.45) is 0 Å². The van der Waals surface area contributed by atoms with E-state index in [0.717, 1.165) is 12.8 Å². The van der Waals surface area contributed by atoms with Gasteiger partial charge in [-0.15, -0.1) is 0 Å². The summed E-state index contributed by atoms with van der Waals surface area (Å²) in [7, 11) is 0. The van der Waals surface area contributed by atoms with Crippen LogP contribution >= 0.6 is 0 Å². The van der Waals surface area contributed by atoms with Crippen molar-refractivity contribution >= 4 is 23.2 Å². The molecule has 1 aliphatic rings. The van der Waals surface area contributed by atoms with Gasteiger partial charge < -0.3 is 15.0 Å². The standard InChI is InChI=1S/C24H30N2O3/c1-6-7-14-26-20-15-19(12-13-21(20)29-16(2)23(26)28)25-22(27)17-8-10-18(11-9-17)24(3,4)5/h8-13,15-16H,6-7,14H2,1-5H3,(H,25,27). The van der Waals surface area contributed by atoms with E-state index in [0.29, 0.717) is 29.2 Å². The molecular formula is C24H30N2O3. The van der Waals surface area contributed by atoms with Gasteiger partial charge in [-0.05, 0) is 54.7 Å². The van der Waals surface area contributed by atoms with Crippen LogP contribution in [0.1, 0.15) is 63.4 Å². The summed E-state index contributed by atoms with van der Waals surface area (Å²) >= 11 is 0. The summed E-state index contributed by atoms with van der Waals surface area (Å²) < 4.78 is 5.74. The summed E-state index contributed by atoms with van der Waals surface area (Å²) in [6.45, 7) is 10.9.